The fourth-order valence-electron chi connectivity index (χ4n) is 3.93. The lowest BCUT2D eigenvalue weighted by Gasteiger charge is -2.13. The highest BCUT2D eigenvalue weighted by molar-refractivity contribution is 6.30. The van der Waals surface area contributed by atoms with E-state index in [1.165, 1.54) is 12.3 Å². The van der Waals surface area contributed by atoms with E-state index in [1.54, 1.807) is 24.3 Å². The van der Waals surface area contributed by atoms with Crippen LogP contribution in [0.4, 0.5) is 13.2 Å². The Balaban J connectivity index is 1.40. The van der Waals surface area contributed by atoms with Gasteiger partial charge in [-0.3, -0.25) is 0 Å². The third-order valence-corrected chi connectivity index (χ3v) is 6.04. The first kappa shape index (κ1) is 25.9. The number of ether oxygens (including phenoxy) is 1. The van der Waals surface area contributed by atoms with Crippen LogP contribution >= 0.6 is 11.6 Å². The molecule has 0 radical (unpaired) electrons. The number of hydrogen-bond donors (Lipinski definition) is 1. The van der Waals surface area contributed by atoms with Crippen molar-refractivity contribution in [1.82, 2.24) is 19.7 Å². The van der Waals surface area contributed by atoms with Crippen LogP contribution < -0.4 is 4.74 Å². The second-order valence-electron chi connectivity index (χ2n) is 8.35. The molecule has 2 aromatic heterocycles. The number of carbonyl (C=O) groups is 1. The van der Waals surface area contributed by atoms with E-state index < -0.39 is 29.4 Å². The van der Waals surface area contributed by atoms with Gasteiger partial charge < -0.3 is 9.84 Å². The number of aromatic carboxylic acids is 1. The number of aromatic nitrogens is 4. The maximum atomic E-state index is 13.7. The fraction of sp³-hybridized carbons (Fsp3) is 0.0714. The predicted molar refractivity (Wildman–Crippen MR) is 138 cm³/mol. The Morgan fingerprint density at radius 3 is 2.28 bits per heavy atom. The molecule has 0 atom stereocenters. The highest BCUT2D eigenvalue weighted by Gasteiger charge is 2.41. The van der Waals surface area contributed by atoms with Crippen molar-refractivity contribution in [2.75, 3.05) is 0 Å². The standard InChI is InChI=1S/C28H18ClF3N4O3/c29-20-11-9-19(10-12-20)18-7-5-17(6-8-18)16-39-24-4-2-1-3-21(24)23-13-14-33-27(35-23)36-25(28(30,31)32)22(15-34-36)26(37)38/h1-15H,16H2,(H,37,38). The summed E-state index contributed by atoms with van der Waals surface area (Å²) < 4.78 is 47.4. The minimum Gasteiger partial charge on any atom is -0.488 e. The van der Waals surface area contributed by atoms with Crippen LogP contribution in [0.3, 0.4) is 0 Å². The molecule has 2 heterocycles. The molecular weight excluding hydrogens is 533 g/mol. The molecule has 0 unspecified atom stereocenters. The number of hydrogen-bond acceptors (Lipinski definition) is 5. The summed E-state index contributed by atoms with van der Waals surface area (Å²) in [7, 11) is 0. The molecule has 11 heteroatoms. The van der Waals surface area contributed by atoms with E-state index in [1.807, 2.05) is 48.5 Å². The zero-order chi connectivity index (χ0) is 27.6. The number of halogens is 4. The first-order chi connectivity index (χ1) is 18.7. The highest BCUT2D eigenvalue weighted by Crippen LogP contribution is 2.34. The average molecular weight is 551 g/mol. The second-order valence-corrected chi connectivity index (χ2v) is 8.79. The van der Waals surface area contributed by atoms with Gasteiger partial charge in [-0.25, -0.2) is 14.8 Å². The van der Waals surface area contributed by atoms with Gasteiger partial charge in [-0.15, -0.1) is 0 Å². The number of carboxylic acid groups (broad SMARTS) is 1. The van der Waals surface area contributed by atoms with Gasteiger partial charge in [-0.1, -0.05) is 60.1 Å². The molecule has 0 bridgehead atoms. The third-order valence-electron chi connectivity index (χ3n) is 5.79. The average Bonchev–Trinajstić information content (AvgIpc) is 3.40. The molecule has 0 spiro atoms. The van der Waals surface area contributed by atoms with Crippen LogP contribution in [0, 0.1) is 0 Å². The largest absolute Gasteiger partial charge is 0.488 e. The van der Waals surface area contributed by atoms with Gasteiger partial charge in [0.25, 0.3) is 5.95 Å². The van der Waals surface area contributed by atoms with Crippen molar-refractivity contribution in [3.05, 3.63) is 113 Å². The summed E-state index contributed by atoms with van der Waals surface area (Å²) in [5, 5.41) is 13.4. The van der Waals surface area contributed by atoms with E-state index in [0.29, 0.717) is 27.2 Å². The molecule has 0 aliphatic heterocycles. The SMILES string of the molecule is O=C(O)c1cnn(-c2nccc(-c3ccccc3OCc3ccc(-c4ccc(Cl)cc4)cc3)n2)c1C(F)(F)F. The summed E-state index contributed by atoms with van der Waals surface area (Å²) in [6.07, 6.45) is -3.10. The van der Waals surface area contributed by atoms with E-state index in [0.717, 1.165) is 16.7 Å². The maximum absolute atomic E-state index is 13.7. The summed E-state index contributed by atoms with van der Waals surface area (Å²) in [5.74, 6) is -1.74. The van der Waals surface area contributed by atoms with E-state index in [2.05, 4.69) is 15.1 Å². The van der Waals surface area contributed by atoms with Crippen molar-refractivity contribution in [2.24, 2.45) is 0 Å². The Morgan fingerprint density at radius 2 is 1.62 bits per heavy atom. The zero-order valence-corrected chi connectivity index (χ0v) is 20.7. The molecule has 196 valence electrons. The summed E-state index contributed by atoms with van der Waals surface area (Å²) in [5.41, 5.74) is 1.26. The van der Waals surface area contributed by atoms with Gasteiger partial charge in [-0.05, 0) is 47.0 Å². The molecule has 0 saturated heterocycles. The summed E-state index contributed by atoms with van der Waals surface area (Å²) >= 11 is 5.96. The zero-order valence-electron chi connectivity index (χ0n) is 19.9. The summed E-state index contributed by atoms with van der Waals surface area (Å²) in [4.78, 5) is 19.4. The predicted octanol–water partition coefficient (Wildman–Crippen LogP) is 6.95. The molecule has 5 rings (SSSR count). The molecule has 3 aromatic carbocycles. The number of carboxylic acids is 1. The molecule has 0 aliphatic carbocycles. The van der Waals surface area contributed by atoms with E-state index in [-0.39, 0.29) is 12.3 Å². The molecule has 7 nitrogen and oxygen atoms in total. The number of para-hydroxylation sites is 1. The van der Waals surface area contributed by atoms with Crippen LogP contribution in [0.25, 0.3) is 28.3 Å². The lowest BCUT2D eigenvalue weighted by Crippen LogP contribution is -2.18. The molecule has 0 amide bonds. The first-order valence-electron chi connectivity index (χ1n) is 11.5. The minimum atomic E-state index is -4.99. The molecule has 0 fully saturated rings. The fourth-order valence-corrected chi connectivity index (χ4v) is 4.06. The summed E-state index contributed by atoms with van der Waals surface area (Å²) in [6.45, 7) is 0.231. The van der Waals surface area contributed by atoms with Crippen LogP contribution in [-0.4, -0.2) is 30.8 Å². The van der Waals surface area contributed by atoms with Crippen molar-refractivity contribution in [1.29, 1.82) is 0 Å². The molecule has 1 N–H and O–H groups in total. The Hall–Kier alpha value is -4.70. The highest BCUT2D eigenvalue weighted by atomic mass is 35.5. The Kier molecular flexibility index (Phi) is 7.03. The van der Waals surface area contributed by atoms with Gasteiger partial charge in [-0.2, -0.15) is 23.0 Å². The number of rotatable bonds is 7. The molecular formula is C28H18ClF3N4O3. The van der Waals surface area contributed by atoms with Crippen LogP contribution in [0.1, 0.15) is 21.6 Å². The van der Waals surface area contributed by atoms with Gasteiger partial charge in [0.2, 0.25) is 0 Å². The van der Waals surface area contributed by atoms with Crippen LogP contribution in [0.2, 0.25) is 5.02 Å². The van der Waals surface area contributed by atoms with Crippen molar-refractivity contribution < 1.29 is 27.8 Å². The minimum absolute atomic E-state index is 0.231. The van der Waals surface area contributed by atoms with E-state index in [9.17, 15) is 23.1 Å². The van der Waals surface area contributed by atoms with Crippen LogP contribution in [-0.2, 0) is 12.8 Å². The molecule has 39 heavy (non-hydrogen) atoms. The number of benzene rings is 3. The van der Waals surface area contributed by atoms with Crippen molar-refractivity contribution in [3.8, 4) is 34.1 Å². The monoisotopic (exact) mass is 550 g/mol. The Morgan fingerprint density at radius 1 is 0.949 bits per heavy atom. The smallest absolute Gasteiger partial charge is 0.434 e. The van der Waals surface area contributed by atoms with Gasteiger partial charge in [0.05, 0.1) is 11.9 Å². The third kappa shape index (κ3) is 5.60. The van der Waals surface area contributed by atoms with Crippen LogP contribution in [0.5, 0.6) is 5.75 Å². The normalized spacial score (nSPS) is 11.4. The Bertz CT molecular complexity index is 1640. The van der Waals surface area contributed by atoms with Gasteiger partial charge in [0, 0.05) is 16.8 Å². The van der Waals surface area contributed by atoms with Gasteiger partial charge in [0.15, 0.2) is 5.69 Å². The molecule has 0 aliphatic rings. The Labute approximate surface area is 225 Å². The lowest BCUT2D eigenvalue weighted by atomic mass is 10.0. The van der Waals surface area contributed by atoms with Gasteiger partial charge in [0.1, 0.15) is 17.9 Å². The van der Waals surface area contributed by atoms with E-state index in [4.69, 9.17) is 16.3 Å². The van der Waals surface area contributed by atoms with Crippen molar-refractivity contribution in [2.45, 2.75) is 12.8 Å². The topological polar surface area (TPSA) is 90.1 Å². The van der Waals surface area contributed by atoms with E-state index >= 15 is 0 Å². The first-order valence-corrected chi connectivity index (χ1v) is 11.9. The maximum Gasteiger partial charge on any atom is 0.434 e. The van der Waals surface area contributed by atoms with Crippen LogP contribution in [0.15, 0.2) is 91.3 Å². The lowest BCUT2D eigenvalue weighted by molar-refractivity contribution is -0.143. The van der Waals surface area contributed by atoms with Gasteiger partial charge >= 0.3 is 12.1 Å². The number of nitrogens with zero attached hydrogens (tertiary/aromatic N) is 4. The second kappa shape index (κ2) is 10.6. The molecule has 5 aromatic rings. The van der Waals surface area contributed by atoms with Crippen molar-refractivity contribution in [3.63, 3.8) is 0 Å². The number of alkyl halides is 3. The van der Waals surface area contributed by atoms with Crippen molar-refractivity contribution >= 4 is 17.6 Å². The quantitative estimate of drug-likeness (QED) is 0.236. The molecule has 0 saturated carbocycles. The summed E-state index contributed by atoms with van der Waals surface area (Å²) in [6, 6.07) is 23.8.